The van der Waals surface area contributed by atoms with Crippen molar-refractivity contribution >= 4 is 12.4 Å². The van der Waals surface area contributed by atoms with Crippen molar-refractivity contribution in [3.8, 4) is 11.5 Å². The van der Waals surface area contributed by atoms with E-state index in [1.165, 1.54) is 12.4 Å². The molecule has 220 valence electrons. The number of rotatable bonds is 4. The van der Waals surface area contributed by atoms with Crippen molar-refractivity contribution in [2.45, 2.75) is 102 Å². The zero-order valence-electron chi connectivity index (χ0n) is 23.5. The molecule has 0 aromatic heterocycles. The van der Waals surface area contributed by atoms with E-state index in [2.05, 4.69) is 9.98 Å². The van der Waals surface area contributed by atoms with Crippen LogP contribution < -0.4 is 0 Å². The number of hydrogen-bond donors (Lipinski definition) is 2. The summed E-state index contributed by atoms with van der Waals surface area (Å²) in [5, 5.41) is 21.5. The first-order valence-corrected chi connectivity index (χ1v) is 13.2. The van der Waals surface area contributed by atoms with E-state index in [4.69, 9.17) is 0 Å². The number of alkyl halides is 6. The highest BCUT2D eigenvalue weighted by Gasteiger charge is 2.35. The Morgan fingerprint density at radius 3 is 1.23 bits per heavy atom. The number of phenols is 2. The van der Waals surface area contributed by atoms with Crippen molar-refractivity contribution in [1.29, 1.82) is 0 Å². The van der Waals surface area contributed by atoms with Gasteiger partial charge < -0.3 is 10.2 Å². The van der Waals surface area contributed by atoms with Gasteiger partial charge in [-0.15, -0.1) is 0 Å². The number of halogens is 6. The molecular formula is C30H36F6N2O2. The Balaban J connectivity index is 2.00. The fraction of sp³-hybridized carbons (Fsp3) is 0.533. The second-order valence-electron chi connectivity index (χ2n) is 12.4. The Morgan fingerprint density at radius 2 is 0.950 bits per heavy atom. The summed E-state index contributed by atoms with van der Waals surface area (Å²) in [4.78, 5) is 8.96. The molecule has 0 radical (unpaired) electrons. The van der Waals surface area contributed by atoms with Gasteiger partial charge in [-0.2, -0.15) is 26.3 Å². The molecule has 40 heavy (non-hydrogen) atoms. The predicted octanol–water partition coefficient (Wildman–Crippen LogP) is 8.58. The number of hydrogen-bond acceptors (Lipinski definition) is 4. The molecule has 0 spiro atoms. The molecule has 1 aliphatic carbocycles. The molecule has 0 bridgehead atoms. The number of aliphatic imine (C=N–C) groups is 2. The van der Waals surface area contributed by atoms with Crippen LogP contribution in [0.4, 0.5) is 26.3 Å². The van der Waals surface area contributed by atoms with Gasteiger partial charge in [0.15, 0.2) is 0 Å². The van der Waals surface area contributed by atoms with Gasteiger partial charge in [0, 0.05) is 34.7 Å². The summed E-state index contributed by atoms with van der Waals surface area (Å²) in [5.41, 5.74) is -3.19. The SMILES string of the molecule is CC(C)(C)c1cc(C(F)(F)F)cc(C=NC2CCCCC2N=Cc2cc(C(F)(F)F)cc(C(C)(C)C)c2O)c1O. The van der Waals surface area contributed by atoms with Crippen LogP contribution >= 0.6 is 0 Å². The molecule has 3 rings (SSSR count). The van der Waals surface area contributed by atoms with Gasteiger partial charge in [0.05, 0.1) is 23.2 Å². The molecule has 1 fully saturated rings. The Bertz CT molecular complexity index is 1180. The van der Waals surface area contributed by atoms with Crippen LogP contribution in [0.5, 0.6) is 11.5 Å². The minimum atomic E-state index is -4.62. The number of nitrogens with zero attached hydrogens (tertiary/aromatic N) is 2. The zero-order chi connectivity index (χ0) is 30.3. The highest BCUT2D eigenvalue weighted by molar-refractivity contribution is 5.86. The highest BCUT2D eigenvalue weighted by Crippen LogP contribution is 2.41. The van der Waals surface area contributed by atoms with Gasteiger partial charge in [0.25, 0.3) is 0 Å². The Kier molecular flexibility index (Phi) is 8.73. The number of aromatic hydroxyl groups is 2. The van der Waals surface area contributed by atoms with E-state index in [0.29, 0.717) is 12.8 Å². The second-order valence-corrected chi connectivity index (χ2v) is 12.4. The van der Waals surface area contributed by atoms with Gasteiger partial charge in [-0.3, -0.25) is 9.98 Å². The van der Waals surface area contributed by atoms with Crippen LogP contribution in [0.1, 0.15) is 101 Å². The van der Waals surface area contributed by atoms with Crippen LogP contribution in [0.25, 0.3) is 0 Å². The summed E-state index contributed by atoms with van der Waals surface area (Å²) in [6, 6.07) is 2.65. The molecule has 2 atom stereocenters. The zero-order valence-corrected chi connectivity index (χ0v) is 23.5. The molecule has 4 nitrogen and oxygen atoms in total. The van der Waals surface area contributed by atoms with E-state index < -0.39 is 46.4 Å². The molecule has 2 N–H and O–H groups in total. The summed E-state index contributed by atoms with van der Waals surface area (Å²) in [5.74, 6) is -0.576. The van der Waals surface area contributed by atoms with Crippen molar-refractivity contribution in [3.63, 3.8) is 0 Å². The van der Waals surface area contributed by atoms with Gasteiger partial charge in [-0.1, -0.05) is 54.4 Å². The predicted molar refractivity (Wildman–Crippen MR) is 145 cm³/mol. The van der Waals surface area contributed by atoms with Crippen molar-refractivity contribution in [2.24, 2.45) is 9.98 Å². The van der Waals surface area contributed by atoms with E-state index >= 15 is 0 Å². The molecule has 10 heteroatoms. The van der Waals surface area contributed by atoms with Crippen molar-refractivity contribution in [2.75, 3.05) is 0 Å². The van der Waals surface area contributed by atoms with Crippen molar-refractivity contribution < 1.29 is 36.6 Å². The Labute approximate surface area is 230 Å². The molecule has 1 aliphatic rings. The third kappa shape index (κ3) is 7.37. The Morgan fingerprint density at radius 1 is 0.625 bits per heavy atom. The number of phenolic OH excluding ortho intramolecular Hbond substituents is 2. The summed E-state index contributed by atoms with van der Waals surface area (Å²) in [7, 11) is 0. The van der Waals surface area contributed by atoms with Crippen LogP contribution in [-0.2, 0) is 23.2 Å². The molecule has 2 aromatic carbocycles. The molecular weight excluding hydrogens is 534 g/mol. The van der Waals surface area contributed by atoms with Crippen LogP contribution in [-0.4, -0.2) is 34.7 Å². The summed E-state index contributed by atoms with van der Waals surface area (Å²) in [6.45, 7) is 10.2. The average molecular weight is 571 g/mol. The third-order valence-corrected chi connectivity index (χ3v) is 7.05. The minimum absolute atomic E-state index is 0.0709. The lowest BCUT2D eigenvalue weighted by Gasteiger charge is -2.26. The van der Waals surface area contributed by atoms with E-state index in [0.717, 1.165) is 37.1 Å². The maximum atomic E-state index is 13.6. The maximum Gasteiger partial charge on any atom is 0.416 e. The van der Waals surface area contributed by atoms with E-state index in [1.54, 1.807) is 41.5 Å². The third-order valence-electron chi connectivity index (χ3n) is 7.05. The van der Waals surface area contributed by atoms with E-state index in [1.807, 2.05) is 0 Å². The lowest BCUT2D eigenvalue weighted by molar-refractivity contribution is -0.138. The quantitative estimate of drug-likeness (QED) is 0.286. The van der Waals surface area contributed by atoms with Gasteiger partial charge in [-0.25, -0.2) is 0 Å². The van der Waals surface area contributed by atoms with E-state index in [9.17, 15) is 36.6 Å². The number of benzene rings is 2. The van der Waals surface area contributed by atoms with Crippen LogP contribution in [0.15, 0.2) is 34.3 Å². The minimum Gasteiger partial charge on any atom is -0.507 e. The summed E-state index contributed by atoms with van der Waals surface area (Å²) < 4.78 is 81.5. The maximum absolute atomic E-state index is 13.6. The smallest absolute Gasteiger partial charge is 0.416 e. The average Bonchev–Trinajstić information content (AvgIpc) is 2.80. The largest absolute Gasteiger partial charge is 0.507 e. The monoisotopic (exact) mass is 570 g/mol. The molecule has 2 unspecified atom stereocenters. The van der Waals surface area contributed by atoms with Gasteiger partial charge in [-0.05, 0) is 47.9 Å². The molecule has 0 heterocycles. The fourth-order valence-corrected chi connectivity index (χ4v) is 4.77. The highest BCUT2D eigenvalue weighted by atomic mass is 19.4. The van der Waals surface area contributed by atoms with Crippen LogP contribution in [0.2, 0.25) is 0 Å². The lowest BCUT2D eigenvalue weighted by atomic mass is 9.84. The molecule has 0 saturated heterocycles. The lowest BCUT2D eigenvalue weighted by Crippen LogP contribution is -2.27. The second kappa shape index (κ2) is 11.1. The summed E-state index contributed by atoms with van der Waals surface area (Å²) >= 11 is 0. The first-order chi connectivity index (χ1) is 18.2. The first-order valence-electron chi connectivity index (χ1n) is 13.2. The molecule has 0 amide bonds. The Hall–Kier alpha value is -3.04. The standard InChI is InChI=1S/C30H36F6N2O2/c1-27(2,3)21-13-19(29(31,32)33)11-17(25(21)39)15-37-23-9-7-8-10-24(23)38-16-18-12-20(30(34,35)36)14-22(26(18)40)28(4,5)6/h11-16,23-24,39-40H,7-10H2,1-6H3. The topological polar surface area (TPSA) is 65.2 Å². The van der Waals surface area contributed by atoms with E-state index in [-0.39, 0.29) is 33.8 Å². The normalized spacial score (nSPS) is 19.6. The van der Waals surface area contributed by atoms with Gasteiger partial charge >= 0.3 is 12.4 Å². The first kappa shape index (κ1) is 31.5. The van der Waals surface area contributed by atoms with Crippen molar-refractivity contribution in [1.82, 2.24) is 0 Å². The summed E-state index contributed by atoms with van der Waals surface area (Å²) in [6.07, 6.45) is -4.09. The van der Waals surface area contributed by atoms with Crippen LogP contribution in [0.3, 0.4) is 0 Å². The molecule has 1 saturated carbocycles. The van der Waals surface area contributed by atoms with Gasteiger partial charge in [0.2, 0.25) is 0 Å². The van der Waals surface area contributed by atoms with Crippen molar-refractivity contribution in [3.05, 3.63) is 57.6 Å². The molecule has 0 aliphatic heterocycles. The fourth-order valence-electron chi connectivity index (χ4n) is 4.77. The van der Waals surface area contributed by atoms with Gasteiger partial charge in [0.1, 0.15) is 11.5 Å². The van der Waals surface area contributed by atoms with Crippen LogP contribution in [0, 0.1) is 0 Å². The molecule has 2 aromatic rings.